The monoisotopic (exact) mass is 308 g/mol. The van der Waals surface area contributed by atoms with Crippen molar-refractivity contribution in [3.63, 3.8) is 0 Å². The van der Waals surface area contributed by atoms with Crippen molar-refractivity contribution in [1.29, 1.82) is 0 Å². The van der Waals surface area contributed by atoms with Gasteiger partial charge in [0.15, 0.2) is 10.4 Å². The first-order chi connectivity index (χ1) is 10.0. The van der Waals surface area contributed by atoms with E-state index in [1.54, 1.807) is 0 Å². The van der Waals surface area contributed by atoms with E-state index in [2.05, 4.69) is 45.5 Å². The molecule has 0 bridgehead atoms. The van der Waals surface area contributed by atoms with E-state index in [0.717, 1.165) is 54.2 Å². The Balaban J connectivity index is 1.98. The molecule has 1 fully saturated rings. The fourth-order valence-electron chi connectivity index (χ4n) is 3.20. The third-order valence-electron chi connectivity index (χ3n) is 4.53. The molecular weight excluding hydrogens is 284 g/mol. The van der Waals surface area contributed by atoms with Crippen molar-refractivity contribution in [3.05, 3.63) is 10.5 Å². The number of aryl methyl sites for hydroxylation is 2. The molecule has 0 aliphatic carbocycles. The van der Waals surface area contributed by atoms with Gasteiger partial charge in [-0.05, 0) is 32.7 Å². The van der Waals surface area contributed by atoms with Crippen molar-refractivity contribution in [2.75, 3.05) is 33.7 Å². The van der Waals surface area contributed by atoms with Crippen molar-refractivity contribution in [2.24, 2.45) is 7.05 Å². The molecule has 3 rings (SSSR count). The van der Waals surface area contributed by atoms with Gasteiger partial charge in [-0.2, -0.15) is 5.10 Å². The summed E-state index contributed by atoms with van der Waals surface area (Å²) in [6, 6.07) is 0.481. The molecule has 1 unspecified atom stereocenters. The zero-order chi connectivity index (χ0) is 15.1. The maximum Gasteiger partial charge on any atom is 0.179 e. The normalized spacial score (nSPS) is 21.4. The Morgan fingerprint density at radius 2 is 2.05 bits per heavy atom. The van der Waals surface area contributed by atoms with Gasteiger partial charge in [-0.3, -0.25) is 9.58 Å². The van der Waals surface area contributed by atoms with E-state index in [-0.39, 0.29) is 0 Å². The number of rotatable bonds is 3. The average Bonchev–Trinajstić information content (AvgIpc) is 2.92. The van der Waals surface area contributed by atoms with Crippen molar-refractivity contribution in [3.8, 4) is 0 Å². The largest absolute Gasteiger partial charge is 0.328 e. The first-order valence-corrected chi connectivity index (χ1v) is 7.95. The lowest BCUT2D eigenvalue weighted by atomic mass is 10.2. The third kappa shape index (κ3) is 2.54. The molecule has 116 valence electrons. The lowest BCUT2D eigenvalue weighted by Gasteiger charge is -2.37. The highest BCUT2D eigenvalue weighted by Gasteiger charge is 2.24. The number of nitrogens with zero attached hydrogens (tertiary/aromatic N) is 5. The van der Waals surface area contributed by atoms with E-state index in [1.807, 2.05) is 11.7 Å². The summed E-state index contributed by atoms with van der Waals surface area (Å²) < 4.78 is 4.96. The molecule has 21 heavy (non-hydrogen) atoms. The van der Waals surface area contributed by atoms with E-state index in [9.17, 15) is 0 Å². The lowest BCUT2D eigenvalue weighted by molar-refractivity contribution is 0.103. The summed E-state index contributed by atoms with van der Waals surface area (Å²) in [5.74, 6) is 0. The van der Waals surface area contributed by atoms with Gasteiger partial charge in [0.05, 0.1) is 5.69 Å². The van der Waals surface area contributed by atoms with Crippen molar-refractivity contribution >= 4 is 23.4 Å². The van der Waals surface area contributed by atoms with Crippen LogP contribution in [0.2, 0.25) is 0 Å². The van der Waals surface area contributed by atoms with Crippen LogP contribution in [0.5, 0.6) is 0 Å². The number of aromatic amines is 1. The van der Waals surface area contributed by atoms with E-state index in [0.29, 0.717) is 6.04 Å². The minimum absolute atomic E-state index is 0.481. The van der Waals surface area contributed by atoms with E-state index < -0.39 is 0 Å². The Hall–Kier alpha value is -1.18. The van der Waals surface area contributed by atoms with Crippen molar-refractivity contribution in [2.45, 2.75) is 25.9 Å². The third-order valence-corrected chi connectivity index (χ3v) is 4.85. The number of aromatic nitrogens is 4. The van der Waals surface area contributed by atoms with Gasteiger partial charge < -0.3 is 14.5 Å². The standard InChI is InChI=1S/C14H24N6S/c1-5-11-12-13(19(4)16-11)20(14(21)15-12)9-10-8-17(2)6-7-18(10)3/h10H,5-9H2,1-4H3,(H,15,21). The maximum absolute atomic E-state index is 5.54. The number of hydrogen-bond acceptors (Lipinski definition) is 4. The van der Waals surface area contributed by atoms with Gasteiger partial charge in [0.2, 0.25) is 0 Å². The summed E-state index contributed by atoms with van der Waals surface area (Å²) in [5, 5.41) is 4.59. The van der Waals surface area contributed by atoms with Crippen LogP contribution in [-0.4, -0.2) is 68.9 Å². The smallest absolute Gasteiger partial charge is 0.179 e. The maximum atomic E-state index is 5.54. The molecule has 2 aromatic rings. The van der Waals surface area contributed by atoms with Crippen molar-refractivity contribution in [1.82, 2.24) is 29.1 Å². The molecule has 0 amide bonds. The highest BCUT2D eigenvalue weighted by atomic mass is 32.1. The number of imidazole rings is 1. The topological polar surface area (TPSA) is 45.0 Å². The number of likely N-dealkylation sites (N-methyl/N-ethyl adjacent to an activating group) is 2. The quantitative estimate of drug-likeness (QED) is 0.867. The molecule has 6 nitrogen and oxygen atoms in total. The van der Waals surface area contributed by atoms with Gasteiger partial charge in [0.1, 0.15) is 5.52 Å². The second kappa shape index (κ2) is 5.55. The van der Waals surface area contributed by atoms with Crippen LogP contribution in [0.3, 0.4) is 0 Å². The van der Waals surface area contributed by atoms with E-state index >= 15 is 0 Å². The van der Waals surface area contributed by atoms with Crippen molar-refractivity contribution < 1.29 is 0 Å². The number of piperazine rings is 1. The Bertz CT molecular complexity index is 696. The number of hydrogen-bond donors (Lipinski definition) is 1. The van der Waals surface area contributed by atoms with Crippen LogP contribution < -0.4 is 0 Å². The predicted molar refractivity (Wildman–Crippen MR) is 87.2 cm³/mol. The summed E-state index contributed by atoms with van der Waals surface area (Å²) in [7, 11) is 6.38. The molecule has 1 aliphatic heterocycles. The molecule has 0 radical (unpaired) electrons. The molecule has 1 atom stereocenters. The first kappa shape index (κ1) is 14.7. The minimum Gasteiger partial charge on any atom is -0.328 e. The predicted octanol–water partition coefficient (Wildman–Crippen LogP) is 1.24. The SMILES string of the molecule is CCc1nn(C)c2c1[nH]c(=S)n2CC1CN(C)CCN1C. The fourth-order valence-corrected chi connectivity index (χ4v) is 3.47. The Labute approximate surface area is 130 Å². The van der Waals surface area contributed by atoms with Crippen LogP contribution >= 0.6 is 12.2 Å². The second-order valence-electron chi connectivity index (χ2n) is 6.06. The zero-order valence-electron chi connectivity index (χ0n) is 13.3. The van der Waals surface area contributed by atoms with Gasteiger partial charge >= 0.3 is 0 Å². The average molecular weight is 308 g/mol. The Morgan fingerprint density at radius 3 is 2.76 bits per heavy atom. The minimum atomic E-state index is 0.481. The van der Waals surface area contributed by atoms with Crippen LogP contribution in [-0.2, 0) is 20.0 Å². The van der Waals surface area contributed by atoms with Gasteiger partial charge in [0, 0.05) is 39.3 Å². The highest BCUT2D eigenvalue weighted by Crippen LogP contribution is 2.20. The summed E-state index contributed by atoms with van der Waals surface area (Å²) in [4.78, 5) is 8.16. The zero-order valence-corrected chi connectivity index (χ0v) is 14.1. The molecular formula is C14H24N6S. The van der Waals surface area contributed by atoms with Crippen LogP contribution in [0.1, 0.15) is 12.6 Å². The summed E-state index contributed by atoms with van der Waals surface area (Å²) in [6.07, 6.45) is 0.915. The molecule has 7 heteroatoms. The van der Waals surface area contributed by atoms with E-state index in [4.69, 9.17) is 12.2 Å². The Morgan fingerprint density at radius 1 is 1.29 bits per heavy atom. The van der Waals surface area contributed by atoms with Crippen LogP contribution in [0.4, 0.5) is 0 Å². The molecule has 0 spiro atoms. The van der Waals surface area contributed by atoms with Crippen LogP contribution in [0, 0.1) is 4.77 Å². The molecule has 2 aromatic heterocycles. The molecule has 0 saturated carbocycles. The number of H-pyrrole nitrogens is 1. The molecule has 1 N–H and O–H groups in total. The first-order valence-electron chi connectivity index (χ1n) is 7.54. The number of fused-ring (bicyclic) bond motifs is 1. The van der Waals surface area contributed by atoms with Gasteiger partial charge in [0.25, 0.3) is 0 Å². The van der Waals surface area contributed by atoms with E-state index in [1.165, 1.54) is 0 Å². The van der Waals surface area contributed by atoms with Crippen LogP contribution in [0.25, 0.3) is 11.2 Å². The fraction of sp³-hybridized carbons (Fsp3) is 0.714. The molecule has 0 aromatic carbocycles. The molecule has 3 heterocycles. The summed E-state index contributed by atoms with van der Waals surface area (Å²) in [6.45, 7) is 6.34. The molecule has 1 aliphatic rings. The summed E-state index contributed by atoms with van der Waals surface area (Å²) >= 11 is 5.54. The second-order valence-corrected chi connectivity index (χ2v) is 6.45. The summed E-state index contributed by atoms with van der Waals surface area (Å²) in [5.41, 5.74) is 3.29. The van der Waals surface area contributed by atoms with Gasteiger partial charge in [-0.1, -0.05) is 6.92 Å². The highest BCUT2D eigenvalue weighted by molar-refractivity contribution is 7.71. The Kier molecular flexibility index (Phi) is 3.90. The number of nitrogens with one attached hydrogen (secondary N) is 1. The van der Waals surface area contributed by atoms with Crippen LogP contribution in [0.15, 0.2) is 0 Å². The molecule has 1 saturated heterocycles. The lowest BCUT2D eigenvalue weighted by Crippen LogP contribution is -2.51. The van der Waals surface area contributed by atoms with Gasteiger partial charge in [-0.25, -0.2) is 0 Å². The van der Waals surface area contributed by atoms with Gasteiger partial charge in [-0.15, -0.1) is 0 Å².